The molecule has 1 aromatic carbocycles. The highest BCUT2D eigenvalue weighted by Crippen LogP contribution is 2.29. The quantitative estimate of drug-likeness (QED) is 0.843. The Balaban J connectivity index is 2.10. The second kappa shape index (κ2) is 6.06. The SMILES string of the molecule is CCn1cc(CC(C)c2ccc(OC)c(Cl)c2)nn1. The highest BCUT2D eigenvalue weighted by molar-refractivity contribution is 6.32. The van der Waals surface area contributed by atoms with E-state index < -0.39 is 0 Å². The van der Waals surface area contributed by atoms with E-state index in [1.54, 1.807) is 7.11 Å². The van der Waals surface area contributed by atoms with Gasteiger partial charge >= 0.3 is 0 Å². The fraction of sp³-hybridized carbons (Fsp3) is 0.429. The topological polar surface area (TPSA) is 39.9 Å². The Morgan fingerprint density at radius 3 is 2.79 bits per heavy atom. The van der Waals surface area contributed by atoms with Crippen molar-refractivity contribution in [2.24, 2.45) is 0 Å². The summed E-state index contributed by atoms with van der Waals surface area (Å²) < 4.78 is 6.99. The Morgan fingerprint density at radius 2 is 2.21 bits per heavy atom. The number of hydrogen-bond acceptors (Lipinski definition) is 3. The minimum atomic E-state index is 0.338. The summed E-state index contributed by atoms with van der Waals surface area (Å²) in [6.45, 7) is 5.05. The van der Waals surface area contributed by atoms with Crippen LogP contribution in [-0.4, -0.2) is 22.1 Å². The van der Waals surface area contributed by atoms with Crippen molar-refractivity contribution in [1.29, 1.82) is 0 Å². The van der Waals surface area contributed by atoms with Gasteiger partial charge in [-0.3, -0.25) is 4.68 Å². The summed E-state index contributed by atoms with van der Waals surface area (Å²) in [5.74, 6) is 1.04. The van der Waals surface area contributed by atoms with Gasteiger partial charge in [0.05, 0.1) is 17.8 Å². The van der Waals surface area contributed by atoms with Crippen molar-refractivity contribution in [2.75, 3.05) is 7.11 Å². The molecule has 4 nitrogen and oxygen atoms in total. The minimum absolute atomic E-state index is 0.338. The third-order valence-electron chi connectivity index (χ3n) is 3.17. The lowest BCUT2D eigenvalue weighted by molar-refractivity contribution is 0.415. The molecule has 5 heteroatoms. The van der Waals surface area contributed by atoms with Crippen molar-refractivity contribution in [2.45, 2.75) is 32.7 Å². The first kappa shape index (κ1) is 13.9. The summed E-state index contributed by atoms with van der Waals surface area (Å²) in [6.07, 6.45) is 2.84. The molecule has 1 heterocycles. The lowest BCUT2D eigenvalue weighted by atomic mass is 9.96. The van der Waals surface area contributed by atoms with E-state index in [1.165, 1.54) is 5.56 Å². The third-order valence-corrected chi connectivity index (χ3v) is 3.47. The summed E-state index contributed by atoms with van der Waals surface area (Å²) in [7, 11) is 1.62. The van der Waals surface area contributed by atoms with Gasteiger partial charge < -0.3 is 4.74 Å². The van der Waals surface area contributed by atoms with Crippen LogP contribution in [0.15, 0.2) is 24.4 Å². The van der Waals surface area contributed by atoms with Crippen molar-refractivity contribution >= 4 is 11.6 Å². The van der Waals surface area contributed by atoms with Gasteiger partial charge in [-0.1, -0.05) is 29.8 Å². The van der Waals surface area contributed by atoms with E-state index in [0.29, 0.717) is 16.7 Å². The second-order valence-corrected chi connectivity index (χ2v) is 4.97. The summed E-state index contributed by atoms with van der Waals surface area (Å²) in [6, 6.07) is 5.89. The highest BCUT2D eigenvalue weighted by Gasteiger charge is 2.11. The van der Waals surface area contributed by atoms with E-state index in [4.69, 9.17) is 16.3 Å². The molecular weight excluding hydrogens is 262 g/mol. The van der Waals surface area contributed by atoms with Crippen LogP contribution in [0.25, 0.3) is 0 Å². The molecule has 0 amide bonds. The Bertz CT molecular complexity index is 553. The van der Waals surface area contributed by atoms with Gasteiger partial charge in [0, 0.05) is 12.7 Å². The molecule has 2 rings (SSSR count). The van der Waals surface area contributed by atoms with Gasteiger partial charge in [0.25, 0.3) is 0 Å². The summed E-state index contributed by atoms with van der Waals surface area (Å²) in [5.41, 5.74) is 2.18. The molecule has 0 spiro atoms. The van der Waals surface area contributed by atoms with E-state index in [0.717, 1.165) is 18.7 Å². The van der Waals surface area contributed by atoms with Crippen LogP contribution >= 0.6 is 11.6 Å². The van der Waals surface area contributed by atoms with Gasteiger partial charge in [-0.25, -0.2) is 0 Å². The maximum atomic E-state index is 6.15. The number of hydrogen-bond donors (Lipinski definition) is 0. The number of rotatable bonds is 5. The van der Waals surface area contributed by atoms with E-state index in [1.807, 2.05) is 36.0 Å². The van der Waals surface area contributed by atoms with Crippen molar-refractivity contribution in [3.8, 4) is 5.75 Å². The van der Waals surface area contributed by atoms with Crippen molar-refractivity contribution in [1.82, 2.24) is 15.0 Å². The molecule has 1 unspecified atom stereocenters. The number of nitrogens with zero attached hydrogens (tertiary/aromatic N) is 3. The normalized spacial score (nSPS) is 12.4. The molecule has 1 aromatic heterocycles. The van der Waals surface area contributed by atoms with Gasteiger partial charge in [-0.15, -0.1) is 5.10 Å². The maximum Gasteiger partial charge on any atom is 0.137 e. The van der Waals surface area contributed by atoms with Crippen LogP contribution in [0.1, 0.15) is 31.0 Å². The molecule has 19 heavy (non-hydrogen) atoms. The summed E-state index contributed by atoms with van der Waals surface area (Å²) in [5, 5.41) is 8.85. The fourth-order valence-electron chi connectivity index (χ4n) is 2.01. The number of aromatic nitrogens is 3. The van der Waals surface area contributed by atoms with Crippen LogP contribution in [0.2, 0.25) is 5.02 Å². The van der Waals surface area contributed by atoms with E-state index in [9.17, 15) is 0 Å². The molecule has 0 fully saturated rings. The first-order valence-electron chi connectivity index (χ1n) is 6.36. The number of methoxy groups -OCH3 is 1. The molecule has 0 N–H and O–H groups in total. The molecule has 102 valence electrons. The Labute approximate surface area is 118 Å². The van der Waals surface area contributed by atoms with Crippen LogP contribution < -0.4 is 4.74 Å². The van der Waals surface area contributed by atoms with Crippen LogP contribution in [0.4, 0.5) is 0 Å². The maximum absolute atomic E-state index is 6.15. The standard InChI is InChI=1S/C14H18ClN3O/c1-4-18-9-12(16-17-18)7-10(2)11-5-6-14(19-3)13(15)8-11/h5-6,8-10H,4,7H2,1-3H3. The Hall–Kier alpha value is -1.55. The average Bonchev–Trinajstić information content (AvgIpc) is 2.86. The minimum Gasteiger partial charge on any atom is -0.495 e. The summed E-state index contributed by atoms with van der Waals surface area (Å²) in [4.78, 5) is 0. The lowest BCUT2D eigenvalue weighted by Gasteiger charge is -2.12. The molecule has 0 aliphatic heterocycles. The monoisotopic (exact) mass is 279 g/mol. The second-order valence-electron chi connectivity index (χ2n) is 4.56. The highest BCUT2D eigenvalue weighted by atomic mass is 35.5. The van der Waals surface area contributed by atoms with E-state index in [-0.39, 0.29) is 0 Å². The molecule has 0 bridgehead atoms. The third kappa shape index (κ3) is 3.26. The number of benzene rings is 1. The Kier molecular flexibility index (Phi) is 4.43. The molecule has 2 aromatic rings. The van der Waals surface area contributed by atoms with Crippen molar-refractivity contribution in [3.63, 3.8) is 0 Å². The number of halogens is 1. The zero-order valence-electron chi connectivity index (χ0n) is 11.4. The first-order chi connectivity index (χ1) is 9.13. The van der Waals surface area contributed by atoms with Crippen molar-refractivity contribution < 1.29 is 4.74 Å². The molecule has 0 saturated carbocycles. The zero-order valence-corrected chi connectivity index (χ0v) is 12.2. The number of ether oxygens (including phenoxy) is 1. The lowest BCUT2D eigenvalue weighted by Crippen LogP contribution is -1.99. The fourth-order valence-corrected chi connectivity index (χ4v) is 2.27. The van der Waals surface area contributed by atoms with Gasteiger partial charge in [0.15, 0.2) is 0 Å². The van der Waals surface area contributed by atoms with Crippen LogP contribution in [-0.2, 0) is 13.0 Å². The predicted molar refractivity (Wildman–Crippen MR) is 75.8 cm³/mol. The van der Waals surface area contributed by atoms with E-state index >= 15 is 0 Å². The van der Waals surface area contributed by atoms with E-state index in [2.05, 4.69) is 17.2 Å². The van der Waals surface area contributed by atoms with Gasteiger partial charge in [-0.05, 0) is 37.0 Å². The van der Waals surface area contributed by atoms with Crippen LogP contribution in [0, 0.1) is 0 Å². The molecule has 0 saturated heterocycles. The Morgan fingerprint density at radius 1 is 1.42 bits per heavy atom. The predicted octanol–water partition coefficient (Wildman–Crippen LogP) is 3.31. The van der Waals surface area contributed by atoms with Gasteiger partial charge in [-0.2, -0.15) is 0 Å². The van der Waals surface area contributed by atoms with Gasteiger partial charge in [0.1, 0.15) is 5.75 Å². The van der Waals surface area contributed by atoms with Crippen molar-refractivity contribution in [3.05, 3.63) is 40.7 Å². The average molecular weight is 280 g/mol. The molecule has 0 radical (unpaired) electrons. The van der Waals surface area contributed by atoms with Crippen LogP contribution in [0.5, 0.6) is 5.75 Å². The zero-order chi connectivity index (χ0) is 13.8. The molecule has 0 aliphatic carbocycles. The largest absolute Gasteiger partial charge is 0.495 e. The van der Waals surface area contributed by atoms with Gasteiger partial charge in [0.2, 0.25) is 0 Å². The number of aryl methyl sites for hydroxylation is 1. The molecular formula is C14H18ClN3O. The molecule has 1 atom stereocenters. The smallest absolute Gasteiger partial charge is 0.137 e. The summed E-state index contributed by atoms with van der Waals surface area (Å²) >= 11 is 6.15. The molecule has 0 aliphatic rings. The van der Waals surface area contributed by atoms with Crippen LogP contribution in [0.3, 0.4) is 0 Å². The first-order valence-corrected chi connectivity index (χ1v) is 6.74.